The van der Waals surface area contributed by atoms with E-state index in [1.54, 1.807) is 0 Å². The molecule has 100 valence electrons. The minimum absolute atomic E-state index is 0.430. The third-order valence-corrected chi connectivity index (χ3v) is 3.46. The minimum Gasteiger partial charge on any atom is -0.480 e. The van der Waals surface area contributed by atoms with Crippen molar-refractivity contribution in [1.29, 1.82) is 0 Å². The largest absolute Gasteiger partial charge is 0.480 e. The first-order valence-corrected chi connectivity index (χ1v) is 6.52. The van der Waals surface area contributed by atoms with E-state index in [-0.39, 0.29) is 0 Å². The van der Waals surface area contributed by atoms with Gasteiger partial charge >= 0.3 is 5.97 Å². The summed E-state index contributed by atoms with van der Waals surface area (Å²) in [6.07, 6.45) is 0.574. The SMILES string of the molecule is CCN(CC)C(Cc1cc(C)ccc1C)C(=O)O. The van der Waals surface area contributed by atoms with Crippen molar-refractivity contribution in [3.63, 3.8) is 0 Å². The van der Waals surface area contributed by atoms with E-state index in [2.05, 4.69) is 18.2 Å². The Hall–Kier alpha value is -1.35. The molecule has 0 bridgehead atoms. The summed E-state index contributed by atoms with van der Waals surface area (Å²) in [6.45, 7) is 9.60. The van der Waals surface area contributed by atoms with E-state index in [1.807, 2.05) is 32.6 Å². The second-order valence-electron chi connectivity index (χ2n) is 4.71. The number of nitrogens with zero attached hydrogens (tertiary/aromatic N) is 1. The minimum atomic E-state index is -0.736. The van der Waals surface area contributed by atoms with Crippen molar-refractivity contribution >= 4 is 5.97 Å². The number of carboxylic acid groups (broad SMARTS) is 1. The van der Waals surface area contributed by atoms with E-state index in [0.29, 0.717) is 6.42 Å². The molecule has 0 fully saturated rings. The molecule has 0 spiro atoms. The van der Waals surface area contributed by atoms with Crippen LogP contribution in [-0.2, 0) is 11.2 Å². The third-order valence-electron chi connectivity index (χ3n) is 3.46. The van der Waals surface area contributed by atoms with Crippen molar-refractivity contribution in [2.75, 3.05) is 13.1 Å². The van der Waals surface area contributed by atoms with Crippen LogP contribution in [0.15, 0.2) is 18.2 Å². The molecule has 0 aliphatic carbocycles. The van der Waals surface area contributed by atoms with Gasteiger partial charge in [-0.25, -0.2) is 0 Å². The maximum Gasteiger partial charge on any atom is 0.321 e. The van der Waals surface area contributed by atoms with Crippen molar-refractivity contribution in [2.24, 2.45) is 0 Å². The van der Waals surface area contributed by atoms with Gasteiger partial charge < -0.3 is 5.11 Å². The zero-order valence-electron chi connectivity index (χ0n) is 11.7. The maximum atomic E-state index is 11.4. The molecule has 3 heteroatoms. The Labute approximate surface area is 109 Å². The molecule has 18 heavy (non-hydrogen) atoms. The first-order valence-electron chi connectivity index (χ1n) is 6.52. The van der Waals surface area contributed by atoms with E-state index < -0.39 is 12.0 Å². The zero-order chi connectivity index (χ0) is 13.7. The van der Waals surface area contributed by atoms with Crippen LogP contribution in [-0.4, -0.2) is 35.1 Å². The molecule has 0 amide bonds. The van der Waals surface area contributed by atoms with Crippen LogP contribution in [0, 0.1) is 13.8 Å². The fourth-order valence-electron chi connectivity index (χ4n) is 2.27. The van der Waals surface area contributed by atoms with Gasteiger partial charge in [0.25, 0.3) is 0 Å². The highest BCUT2D eigenvalue weighted by molar-refractivity contribution is 5.74. The molecule has 1 N–H and O–H groups in total. The standard InChI is InChI=1S/C15H23NO2/c1-5-16(6-2)14(15(17)18)10-13-9-11(3)7-8-12(13)4/h7-9,14H,5-6,10H2,1-4H3,(H,17,18). The van der Waals surface area contributed by atoms with Crippen LogP contribution in [0.1, 0.15) is 30.5 Å². The summed E-state index contributed by atoms with van der Waals surface area (Å²) in [5.41, 5.74) is 3.48. The van der Waals surface area contributed by atoms with Gasteiger partial charge in [-0.05, 0) is 44.5 Å². The van der Waals surface area contributed by atoms with E-state index >= 15 is 0 Å². The summed E-state index contributed by atoms with van der Waals surface area (Å²) in [5, 5.41) is 9.39. The van der Waals surface area contributed by atoms with Crippen LogP contribution in [0.25, 0.3) is 0 Å². The molecule has 1 rings (SSSR count). The van der Waals surface area contributed by atoms with Crippen molar-refractivity contribution in [1.82, 2.24) is 4.90 Å². The topological polar surface area (TPSA) is 40.5 Å². The summed E-state index contributed by atoms with van der Waals surface area (Å²) >= 11 is 0. The number of hydrogen-bond acceptors (Lipinski definition) is 2. The van der Waals surface area contributed by atoms with Gasteiger partial charge in [0.1, 0.15) is 6.04 Å². The normalized spacial score (nSPS) is 12.7. The zero-order valence-corrected chi connectivity index (χ0v) is 11.7. The lowest BCUT2D eigenvalue weighted by molar-refractivity contribution is -0.143. The number of aryl methyl sites for hydroxylation is 2. The van der Waals surface area contributed by atoms with Crippen LogP contribution in [0.3, 0.4) is 0 Å². The molecule has 0 saturated carbocycles. The highest BCUT2D eigenvalue weighted by Gasteiger charge is 2.24. The Balaban J connectivity index is 2.96. The molecule has 1 aromatic carbocycles. The smallest absolute Gasteiger partial charge is 0.321 e. The molecule has 0 aliphatic rings. The predicted molar refractivity (Wildman–Crippen MR) is 74.0 cm³/mol. The van der Waals surface area contributed by atoms with E-state index in [4.69, 9.17) is 0 Å². The first kappa shape index (κ1) is 14.7. The Morgan fingerprint density at radius 3 is 2.39 bits per heavy atom. The molecule has 0 radical (unpaired) electrons. The van der Waals surface area contributed by atoms with Gasteiger partial charge in [0.2, 0.25) is 0 Å². The van der Waals surface area contributed by atoms with Crippen molar-refractivity contribution in [3.05, 3.63) is 34.9 Å². The number of likely N-dealkylation sites (N-methyl/N-ethyl adjacent to an activating group) is 1. The number of benzene rings is 1. The molecule has 0 heterocycles. The molecule has 0 aliphatic heterocycles. The lowest BCUT2D eigenvalue weighted by Crippen LogP contribution is -2.42. The number of carbonyl (C=O) groups is 1. The number of hydrogen-bond donors (Lipinski definition) is 1. The highest BCUT2D eigenvalue weighted by Crippen LogP contribution is 2.15. The molecule has 1 atom stereocenters. The average Bonchev–Trinajstić information content (AvgIpc) is 2.33. The second-order valence-corrected chi connectivity index (χ2v) is 4.71. The molecule has 1 unspecified atom stereocenters. The van der Waals surface area contributed by atoms with Gasteiger partial charge in [-0.2, -0.15) is 0 Å². The third kappa shape index (κ3) is 3.57. The molecule has 0 saturated heterocycles. The summed E-state index contributed by atoms with van der Waals surface area (Å²) in [7, 11) is 0. The average molecular weight is 249 g/mol. The fourth-order valence-corrected chi connectivity index (χ4v) is 2.27. The molecule has 3 nitrogen and oxygen atoms in total. The van der Waals surface area contributed by atoms with Gasteiger partial charge in [0.05, 0.1) is 0 Å². The molecular formula is C15H23NO2. The van der Waals surface area contributed by atoms with Gasteiger partial charge in [0, 0.05) is 0 Å². The van der Waals surface area contributed by atoms with Gasteiger partial charge in [-0.1, -0.05) is 37.6 Å². The van der Waals surface area contributed by atoms with Crippen LogP contribution < -0.4 is 0 Å². The van der Waals surface area contributed by atoms with Gasteiger partial charge in [-0.15, -0.1) is 0 Å². The Morgan fingerprint density at radius 1 is 1.28 bits per heavy atom. The van der Waals surface area contributed by atoms with Crippen LogP contribution in [0.5, 0.6) is 0 Å². The fraction of sp³-hybridized carbons (Fsp3) is 0.533. The van der Waals surface area contributed by atoms with Crippen LogP contribution in [0.2, 0.25) is 0 Å². The highest BCUT2D eigenvalue weighted by atomic mass is 16.4. The Morgan fingerprint density at radius 2 is 1.89 bits per heavy atom. The lowest BCUT2D eigenvalue weighted by atomic mass is 9.98. The van der Waals surface area contributed by atoms with E-state index in [0.717, 1.165) is 18.7 Å². The van der Waals surface area contributed by atoms with E-state index in [9.17, 15) is 9.90 Å². The quantitative estimate of drug-likeness (QED) is 0.842. The number of aliphatic carboxylic acids is 1. The van der Waals surface area contributed by atoms with Crippen LogP contribution in [0.4, 0.5) is 0 Å². The van der Waals surface area contributed by atoms with Gasteiger partial charge in [-0.3, -0.25) is 9.69 Å². The molecular weight excluding hydrogens is 226 g/mol. The van der Waals surface area contributed by atoms with Crippen molar-refractivity contribution < 1.29 is 9.90 Å². The number of rotatable bonds is 6. The first-order chi connectivity index (χ1) is 8.49. The summed E-state index contributed by atoms with van der Waals surface area (Å²) in [5.74, 6) is -0.736. The number of carboxylic acids is 1. The maximum absolute atomic E-state index is 11.4. The van der Waals surface area contributed by atoms with Crippen molar-refractivity contribution in [3.8, 4) is 0 Å². The Kier molecular flexibility index (Phi) is 5.35. The van der Waals surface area contributed by atoms with Crippen molar-refractivity contribution in [2.45, 2.75) is 40.2 Å². The predicted octanol–water partition coefficient (Wildman–Crippen LogP) is 2.64. The summed E-state index contributed by atoms with van der Waals surface area (Å²) in [6, 6.07) is 5.78. The Bertz CT molecular complexity index is 411. The second kappa shape index (κ2) is 6.55. The van der Waals surface area contributed by atoms with Crippen LogP contribution >= 0.6 is 0 Å². The monoisotopic (exact) mass is 249 g/mol. The lowest BCUT2D eigenvalue weighted by Gasteiger charge is -2.26. The molecule has 1 aromatic rings. The molecule has 0 aromatic heterocycles. The van der Waals surface area contributed by atoms with E-state index in [1.165, 1.54) is 11.1 Å². The van der Waals surface area contributed by atoms with Gasteiger partial charge in [0.15, 0.2) is 0 Å². The summed E-state index contributed by atoms with van der Waals surface area (Å²) < 4.78 is 0. The summed E-state index contributed by atoms with van der Waals surface area (Å²) in [4.78, 5) is 13.4.